The van der Waals surface area contributed by atoms with Crippen molar-refractivity contribution in [2.75, 3.05) is 0 Å². The van der Waals surface area contributed by atoms with Crippen LogP contribution >= 0.6 is 27.3 Å². The summed E-state index contributed by atoms with van der Waals surface area (Å²) in [6.07, 6.45) is 0.749. The Balaban J connectivity index is 2.85. The molecule has 1 aromatic carbocycles. The zero-order valence-corrected chi connectivity index (χ0v) is 8.78. The molecule has 0 aliphatic carbocycles. The van der Waals surface area contributed by atoms with Crippen molar-refractivity contribution >= 4 is 43.6 Å². The second-order valence-electron chi connectivity index (χ2n) is 2.55. The van der Waals surface area contributed by atoms with Gasteiger partial charge in [-0.1, -0.05) is 0 Å². The molecule has 0 fully saturated rings. The third kappa shape index (κ3) is 1.40. The molecule has 4 heteroatoms. The molecule has 1 aromatic heterocycles. The lowest BCUT2D eigenvalue weighted by atomic mass is 10.2. The number of fused-ring (bicyclic) bond motifs is 1. The molecule has 13 heavy (non-hydrogen) atoms. The summed E-state index contributed by atoms with van der Waals surface area (Å²) in [4.78, 5) is 10.6. The first-order valence-corrected chi connectivity index (χ1v) is 5.16. The van der Waals surface area contributed by atoms with E-state index in [1.807, 2.05) is 0 Å². The van der Waals surface area contributed by atoms with E-state index in [9.17, 15) is 9.18 Å². The highest BCUT2D eigenvalue weighted by atomic mass is 79.9. The highest BCUT2D eigenvalue weighted by Gasteiger charge is 2.07. The summed E-state index contributed by atoms with van der Waals surface area (Å²) in [5, 5.41) is 0.519. The molecule has 0 spiro atoms. The number of aldehydes is 1. The number of rotatable bonds is 1. The van der Waals surface area contributed by atoms with Crippen molar-refractivity contribution in [3.63, 3.8) is 0 Å². The molecule has 0 saturated carbocycles. The molecule has 0 bridgehead atoms. The fraction of sp³-hybridized carbons (Fsp3) is 0. The van der Waals surface area contributed by atoms with Crippen LogP contribution in [0.25, 0.3) is 10.1 Å². The van der Waals surface area contributed by atoms with Gasteiger partial charge in [0, 0.05) is 20.1 Å². The summed E-state index contributed by atoms with van der Waals surface area (Å²) in [5.41, 5.74) is 0.547. The molecule has 0 amide bonds. The van der Waals surface area contributed by atoms with Crippen molar-refractivity contribution in [1.82, 2.24) is 0 Å². The fourth-order valence-electron chi connectivity index (χ4n) is 1.15. The van der Waals surface area contributed by atoms with Crippen molar-refractivity contribution in [2.24, 2.45) is 0 Å². The van der Waals surface area contributed by atoms with Gasteiger partial charge in [-0.25, -0.2) is 0 Å². The number of carbonyl (C=O) groups excluding carboxylic acids is 1. The van der Waals surface area contributed by atoms with Crippen LogP contribution < -0.4 is 0 Å². The second-order valence-corrected chi connectivity index (χ2v) is 4.38. The quantitative estimate of drug-likeness (QED) is 0.715. The summed E-state index contributed by atoms with van der Waals surface area (Å²) in [6.45, 7) is 0. The molecule has 2 rings (SSSR count). The number of benzene rings is 1. The molecule has 0 aliphatic rings. The molecule has 0 saturated heterocycles. The van der Waals surface area contributed by atoms with Gasteiger partial charge in [0.2, 0.25) is 0 Å². The van der Waals surface area contributed by atoms with Gasteiger partial charge in [0.05, 0.1) is 0 Å². The monoisotopic (exact) mass is 258 g/mol. The van der Waals surface area contributed by atoms with Crippen molar-refractivity contribution in [1.29, 1.82) is 0 Å². The van der Waals surface area contributed by atoms with Crippen LogP contribution in [0.3, 0.4) is 0 Å². The molecule has 0 radical (unpaired) electrons. The second kappa shape index (κ2) is 3.20. The van der Waals surface area contributed by atoms with Crippen molar-refractivity contribution in [3.05, 3.63) is 33.4 Å². The fourth-order valence-corrected chi connectivity index (χ4v) is 2.63. The van der Waals surface area contributed by atoms with Gasteiger partial charge in [-0.3, -0.25) is 4.79 Å². The number of carbonyl (C=O) groups is 1. The Bertz CT molecular complexity index is 478. The third-order valence-corrected chi connectivity index (χ3v) is 3.54. The molecule has 1 nitrogen and oxygen atoms in total. The number of thiophene rings is 1. The molecule has 0 aliphatic heterocycles. The van der Waals surface area contributed by atoms with E-state index >= 15 is 0 Å². The van der Waals surface area contributed by atoms with Crippen LogP contribution in [0.5, 0.6) is 0 Å². The molecule has 0 N–H and O–H groups in total. The predicted octanol–water partition coefficient (Wildman–Crippen LogP) is 3.62. The number of hydrogen-bond acceptors (Lipinski definition) is 2. The molecular formula is C9H4BrFOS. The maximum absolute atomic E-state index is 12.8. The van der Waals surface area contributed by atoms with E-state index < -0.39 is 0 Å². The zero-order valence-electron chi connectivity index (χ0n) is 6.38. The van der Waals surface area contributed by atoms with Gasteiger partial charge in [-0.15, -0.1) is 11.3 Å². The smallest absolute Gasteiger partial charge is 0.177 e. The molecule has 0 atom stereocenters. The minimum atomic E-state index is -0.237. The first kappa shape index (κ1) is 8.84. The Kier molecular flexibility index (Phi) is 2.17. The Labute approximate surface area is 86.3 Å². The largest absolute Gasteiger partial charge is 0.298 e. The minimum absolute atomic E-state index is 0.237. The predicted molar refractivity (Wildman–Crippen MR) is 54.9 cm³/mol. The summed E-state index contributed by atoms with van der Waals surface area (Å²) in [6, 6.07) is 4.85. The van der Waals surface area contributed by atoms with Gasteiger partial charge in [0.1, 0.15) is 0 Å². The van der Waals surface area contributed by atoms with Gasteiger partial charge in [-0.05, 0) is 34.1 Å². The highest BCUT2D eigenvalue weighted by molar-refractivity contribution is 9.10. The zero-order chi connectivity index (χ0) is 9.42. The van der Waals surface area contributed by atoms with E-state index in [1.165, 1.54) is 6.07 Å². The van der Waals surface area contributed by atoms with Gasteiger partial charge in [0.15, 0.2) is 11.4 Å². The maximum Gasteiger partial charge on any atom is 0.177 e. The van der Waals surface area contributed by atoms with Crippen molar-refractivity contribution in [3.8, 4) is 0 Å². The highest BCUT2D eigenvalue weighted by Crippen LogP contribution is 2.32. The summed E-state index contributed by atoms with van der Waals surface area (Å²) in [5.74, 6) is 0. The van der Waals surface area contributed by atoms with Crippen LogP contribution in [-0.2, 0) is 0 Å². The van der Waals surface area contributed by atoms with E-state index in [4.69, 9.17) is 0 Å². The van der Waals surface area contributed by atoms with Crippen LogP contribution in [0.1, 0.15) is 10.4 Å². The van der Waals surface area contributed by atoms with E-state index in [1.54, 1.807) is 12.1 Å². The summed E-state index contributed by atoms with van der Waals surface area (Å²) < 4.78 is 14.4. The maximum atomic E-state index is 12.8. The molecule has 0 unspecified atom stereocenters. The molecular weight excluding hydrogens is 255 g/mol. The van der Waals surface area contributed by atoms with E-state index in [-0.39, 0.29) is 5.13 Å². The van der Waals surface area contributed by atoms with Crippen LogP contribution in [0.4, 0.5) is 4.39 Å². The van der Waals surface area contributed by atoms with Crippen LogP contribution in [-0.4, -0.2) is 6.29 Å². The lowest BCUT2D eigenvalue weighted by Gasteiger charge is -1.96. The van der Waals surface area contributed by atoms with Crippen LogP contribution in [0.2, 0.25) is 0 Å². The standard InChI is InChI=1S/C9H4BrFOS/c10-9-5(4-12)1-2-7-6(9)3-8(11)13-7/h1-4H. The summed E-state index contributed by atoms with van der Waals surface area (Å²) in [7, 11) is 0. The first-order chi connectivity index (χ1) is 6.22. The van der Waals surface area contributed by atoms with E-state index in [0.717, 1.165) is 27.7 Å². The Morgan fingerprint density at radius 3 is 2.92 bits per heavy atom. The van der Waals surface area contributed by atoms with Crippen molar-refractivity contribution in [2.45, 2.75) is 0 Å². The summed E-state index contributed by atoms with van der Waals surface area (Å²) >= 11 is 4.34. The van der Waals surface area contributed by atoms with Gasteiger partial charge < -0.3 is 0 Å². The molecule has 1 heterocycles. The third-order valence-electron chi connectivity index (χ3n) is 1.76. The van der Waals surface area contributed by atoms with Gasteiger partial charge >= 0.3 is 0 Å². The van der Waals surface area contributed by atoms with Crippen molar-refractivity contribution < 1.29 is 9.18 Å². The van der Waals surface area contributed by atoms with Crippen LogP contribution in [0.15, 0.2) is 22.7 Å². The number of halogens is 2. The van der Waals surface area contributed by atoms with E-state index in [0.29, 0.717) is 10.0 Å². The lowest BCUT2D eigenvalue weighted by Crippen LogP contribution is -1.80. The van der Waals surface area contributed by atoms with Crippen LogP contribution in [0, 0.1) is 5.13 Å². The Morgan fingerprint density at radius 2 is 2.23 bits per heavy atom. The van der Waals surface area contributed by atoms with Gasteiger partial charge in [-0.2, -0.15) is 4.39 Å². The minimum Gasteiger partial charge on any atom is -0.298 e. The van der Waals surface area contributed by atoms with E-state index in [2.05, 4.69) is 15.9 Å². The Morgan fingerprint density at radius 1 is 1.46 bits per heavy atom. The van der Waals surface area contributed by atoms with Gasteiger partial charge in [0.25, 0.3) is 0 Å². The average molecular weight is 259 g/mol. The normalized spacial score (nSPS) is 10.6. The number of hydrogen-bond donors (Lipinski definition) is 0. The topological polar surface area (TPSA) is 17.1 Å². The Hall–Kier alpha value is -0.740. The SMILES string of the molecule is O=Cc1ccc2sc(F)cc2c1Br. The lowest BCUT2D eigenvalue weighted by molar-refractivity contribution is 0.112. The average Bonchev–Trinajstić information content (AvgIpc) is 2.47. The molecule has 66 valence electrons. The molecule has 2 aromatic rings. The first-order valence-electron chi connectivity index (χ1n) is 3.55.